The molecule has 3 rings (SSSR count). The molecule has 0 radical (unpaired) electrons. The van der Waals surface area contributed by atoms with E-state index in [9.17, 15) is 14.7 Å². The number of carbonyl (C=O) groups excluding carboxylic acids is 2. The lowest BCUT2D eigenvalue weighted by atomic mass is 10.1. The first kappa shape index (κ1) is 18.9. The summed E-state index contributed by atoms with van der Waals surface area (Å²) in [5.41, 5.74) is 2.99. The highest BCUT2D eigenvalue weighted by Crippen LogP contribution is 2.20. The van der Waals surface area contributed by atoms with Crippen LogP contribution in [0.2, 0.25) is 0 Å². The Balaban J connectivity index is 1.56. The van der Waals surface area contributed by atoms with E-state index in [0.29, 0.717) is 12.2 Å². The lowest BCUT2D eigenvalue weighted by molar-refractivity contribution is -0.124. The Morgan fingerprint density at radius 2 is 1.93 bits per heavy atom. The Labute approximate surface area is 159 Å². The molecule has 27 heavy (non-hydrogen) atoms. The van der Waals surface area contributed by atoms with Gasteiger partial charge < -0.3 is 20.6 Å². The van der Waals surface area contributed by atoms with Crippen LogP contribution in [0.4, 0.5) is 10.5 Å². The van der Waals surface area contributed by atoms with E-state index in [4.69, 9.17) is 0 Å². The number of hydrogen-bond acceptors (Lipinski definition) is 3. The molecule has 1 fully saturated rings. The molecule has 0 aromatic heterocycles. The van der Waals surface area contributed by atoms with Crippen molar-refractivity contribution in [3.8, 4) is 0 Å². The average molecular weight is 367 g/mol. The summed E-state index contributed by atoms with van der Waals surface area (Å²) in [7, 11) is 0. The van der Waals surface area contributed by atoms with Crippen molar-refractivity contribution in [2.75, 3.05) is 18.4 Å². The highest BCUT2D eigenvalue weighted by atomic mass is 16.3. The molecule has 0 spiro atoms. The van der Waals surface area contributed by atoms with Crippen LogP contribution < -0.4 is 10.6 Å². The van der Waals surface area contributed by atoms with Gasteiger partial charge in [-0.1, -0.05) is 48.0 Å². The maximum atomic E-state index is 12.6. The number of likely N-dealkylation sites (tertiary alicyclic amines) is 1. The van der Waals surface area contributed by atoms with Crippen LogP contribution in [0.5, 0.6) is 0 Å². The second-order valence-electron chi connectivity index (χ2n) is 6.88. The first-order valence-electron chi connectivity index (χ1n) is 9.17. The van der Waals surface area contributed by atoms with Crippen LogP contribution in [0.15, 0.2) is 54.6 Å². The zero-order valence-electron chi connectivity index (χ0n) is 15.4. The highest BCUT2D eigenvalue weighted by molar-refractivity contribution is 5.94. The smallest absolute Gasteiger partial charge is 0.322 e. The SMILES string of the molecule is Cc1cccc(CCNC(=O)[C@H]2C[C@@H](O)CN2C(=O)Nc2ccccc2)c1. The van der Waals surface area contributed by atoms with E-state index in [0.717, 1.165) is 12.0 Å². The number of β-amino-alcohol motifs (C(OH)–C–C–N with tert-alkyl or cyclic N) is 1. The number of carbonyl (C=O) groups is 2. The van der Waals surface area contributed by atoms with E-state index in [1.165, 1.54) is 10.5 Å². The van der Waals surface area contributed by atoms with Gasteiger partial charge in [-0.2, -0.15) is 0 Å². The number of amides is 3. The van der Waals surface area contributed by atoms with Crippen molar-refractivity contribution in [2.24, 2.45) is 0 Å². The quantitative estimate of drug-likeness (QED) is 0.759. The van der Waals surface area contributed by atoms with Gasteiger partial charge in [0.05, 0.1) is 6.10 Å². The molecule has 142 valence electrons. The minimum atomic E-state index is -0.695. The third-order valence-corrected chi connectivity index (χ3v) is 4.66. The van der Waals surface area contributed by atoms with E-state index >= 15 is 0 Å². The van der Waals surface area contributed by atoms with E-state index in [-0.39, 0.29) is 24.9 Å². The third-order valence-electron chi connectivity index (χ3n) is 4.66. The van der Waals surface area contributed by atoms with Crippen molar-refractivity contribution in [1.29, 1.82) is 0 Å². The van der Waals surface area contributed by atoms with E-state index in [2.05, 4.69) is 16.7 Å². The lowest BCUT2D eigenvalue weighted by Gasteiger charge is -2.24. The van der Waals surface area contributed by atoms with Gasteiger partial charge in [-0.3, -0.25) is 4.79 Å². The van der Waals surface area contributed by atoms with Crippen molar-refractivity contribution >= 4 is 17.6 Å². The third kappa shape index (κ3) is 5.08. The van der Waals surface area contributed by atoms with Gasteiger partial charge in [0.2, 0.25) is 5.91 Å². The Hall–Kier alpha value is -2.86. The molecule has 2 aromatic rings. The van der Waals surface area contributed by atoms with E-state index in [1.807, 2.05) is 43.3 Å². The summed E-state index contributed by atoms with van der Waals surface area (Å²) in [6.45, 7) is 2.67. The van der Waals surface area contributed by atoms with Gasteiger partial charge in [0, 0.05) is 25.2 Å². The zero-order valence-corrected chi connectivity index (χ0v) is 15.4. The lowest BCUT2D eigenvalue weighted by Crippen LogP contribution is -2.47. The van der Waals surface area contributed by atoms with Crippen LogP contribution >= 0.6 is 0 Å². The standard InChI is InChI=1S/C21H25N3O3/c1-15-6-5-7-16(12-15)10-11-22-20(26)19-13-18(25)14-24(19)21(27)23-17-8-3-2-4-9-17/h2-9,12,18-19,25H,10-11,13-14H2,1H3,(H,22,26)(H,23,27)/t18-,19-/m1/s1. The monoisotopic (exact) mass is 367 g/mol. The summed E-state index contributed by atoms with van der Waals surface area (Å²) in [5, 5.41) is 15.6. The molecular weight excluding hydrogens is 342 g/mol. The molecule has 2 atom stereocenters. The molecule has 1 saturated heterocycles. The fraction of sp³-hybridized carbons (Fsp3) is 0.333. The van der Waals surface area contributed by atoms with Gasteiger partial charge in [0.25, 0.3) is 0 Å². The Kier molecular flexibility index (Phi) is 6.08. The fourth-order valence-corrected chi connectivity index (χ4v) is 3.32. The van der Waals surface area contributed by atoms with Crippen molar-refractivity contribution in [2.45, 2.75) is 31.9 Å². The van der Waals surface area contributed by atoms with E-state index < -0.39 is 12.1 Å². The van der Waals surface area contributed by atoms with Gasteiger partial charge in [0.15, 0.2) is 0 Å². The molecule has 1 aliphatic heterocycles. The van der Waals surface area contributed by atoms with Gasteiger partial charge in [-0.05, 0) is 31.0 Å². The molecule has 0 unspecified atom stereocenters. The molecule has 6 nitrogen and oxygen atoms in total. The van der Waals surface area contributed by atoms with Crippen molar-refractivity contribution in [1.82, 2.24) is 10.2 Å². The van der Waals surface area contributed by atoms with Gasteiger partial charge in [0.1, 0.15) is 6.04 Å². The van der Waals surface area contributed by atoms with Crippen LogP contribution in [0, 0.1) is 6.92 Å². The number of urea groups is 1. The number of aliphatic hydroxyl groups excluding tert-OH is 1. The fourth-order valence-electron chi connectivity index (χ4n) is 3.32. The summed E-state index contributed by atoms with van der Waals surface area (Å²) in [6, 6.07) is 16.2. The second kappa shape index (κ2) is 8.68. The second-order valence-corrected chi connectivity index (χ2v) is 6.88. The predicted molar refractivity (Wildman–Crippen MR) is 104 cm³/mol. The van der Waals surface area contributed by atoms with E-state index in [1.54, 1.807) is 12.1 Å². The number of nitrogens with one attached hydrogen (secondary N) is 2. The number of nitrogens with zero attached hydrogens (tertiary/aromatic N) is 1. The molecule has 0 saturated carbocycles. The zero-order chi connectivity index (χ0) is 19.2. The number of anilines is 1. The molecule has 3 amide bonds. The van der Waals surface area contributed by atoms with Gasteiger partial charge in [-0.25, -0.2) is 4.79 Å². The maximum Gasteiger partial charge on any atom is 0.322 e. The highest BCUT2D eigenvalue weighted by Gasteiger charge is 2.38. The summed E-state index contributed by atoms with van der Waals surface area (Å²) in [4.78, 5) is 26.5. The van der Waals surface area contributed by atoms with Crippen molar-refractivity contribution in [3.05, 3.63) is 65.7 Å². The molecule has 6 heteroatoms. The Morgan fingerprint density at radius 1 is 1.15 bits per heavy atom. The molecule has 1 heterocycles. The first-order valence-corrected chi connectivity index (χ1v) is 9.17. The number of hydrogen-bond donors (Lipinski definition) is 3. The number of para-hydroxylation sites is 1. The maximum absolute atomic E-state index is 12.6. The Morgan fingerprint density at radius 3 is 2.67 bits per heavy atom. The van der Waals surface area contributed by atoms with Crippen LogP contribution in [-0.4, -0.2) is 47.2 Å². The first-order chi connectivity index (χ1) is 13.0. The van der Waals surface area contributed by atoms with Crippen LogP contribution in [0.25, 0.3) is 0 Å². The molecule has 2 aromatic carbocycles. The van der Waals surface area contributed by atoms with Crippen molar-refractivity contribution in [3.63, 3.8) is 0 Å². The minimum absolute atomic E-state index is 0.147. The molecule has 1 aliphatic rings. The molecule has 0 aliphatic carbocycles. The van der Waals surface area contributed by atoms with Crippen LogP contribution in [-0.2, 0) is 11.2 Å². The number of aliphatic hydroxyl groups is 1. The normalized spacial score (nSPS) is 19.0. The molecule has 3 N–H and O–H groups in total. The predicted octanol–water partition coefficient (Wildman–Crippen LogP) is 2.32. The summed E-state index contributed by atoms with van der Waals surface area (Å²) in [5.74, 6) is -0.234. The van der Waals surface area contributed by atoms with Crippen molar-refractivity contribution < 1.29 is 14.7 Å². The number of aryl methyl sites for hydroxylation is 1. The van der Waals surface area contributed by atoms with Gasteiger partial charge in [-0.15, -0.1) is 0 Å². The van der Waals surface area contributed by atoms with Gasteiger partial charge >= 0.3 is 6.03 Å². The average Bonchev–Trinajstić information content (AvgIpc) is 3.05. The summed E-state index contributed by atoms with van der Waals surface area (Å²) in [6.07, 6.45) is 0.274. The molecule has 0 bridgehead atoms. The summed E-state index contributed by atoms with van der Waals surface area (Å²) >= 11 is 0. The number of rotatable bonds is 5. The van der Waals surface area contributed by atoms with Crippen LogP contribution in [0.1, 0.15) is 17.5 Å². The topological polar surface area (TPSA) is 81.7 Å². The number of benzene rings is 2. The van der Waals surface area contributed by atoms with Crippen LogP contribution in [0.3, 0.4) is 0 Å². The minimum Gasteiger partial charge on any atom is -0.391 e. The summed E-state index contributed by atoms with van der Waals surface area (Å²) < 4.78 is 0. The molecular formula is C21H25N3O3. The largest absolute Gasteiger partial charge is 0.391 e. The Bertz CT molecular complexity index is 794.